The van der Waals surface area contributed by atoms with Crippen molar-refractivity contribution in [2.24, 2.45) is 23.7 Å². The predicted molar refractivity (Wildman–Crippen MR) is 211 cm³/mol. The maximum absolute atomic E-state index is 16.5. The van der Waals surface area contributed by atoms with Crippen molar-refractivity contribution in [2.75, 3.05) is 13.7 Å². The van der Waals surface area contributed by atoms with E-state index in [1.54, 1.807) is 47.9 Å². The van der Waals surface area contributed by atoms with E-state index in [0.29, 0.717) is 64.9 Å². The molecule has 58 heavy (non-hydrogen) atoms. The number of amides is 3. The Morgan fingerprint density at radius 1 is 0.914 bits per heavy atom. The number of alkyl halides is 2. The molecule has 3 unspecified atom stereocenters. The quantitative estimate of drug-likeness (QED) is 0.114. The number of aromatic amines is 2. The SMILES string of the molecule is COC(=O)N[C@H](C(=O)N1CCC[C@H]1c1ncc(-c2ccc3c(c2)C(F)(F)c2cc(-c4cnc([C@@H]5C6CCC(C6)C5C(=O)NCc5cccnc5)[nH]4)ccc2-3)[nH]1)C(C)C. The molecule has 3 aliphatic carbocycles. The van der Waals surface area contributed by atoms with Crippen LogP contribution in [0, 0.1) is 23.7 Å². The first-order chi connectivity index (χ1) is 28.0. The Morgan fingerprint density at radius 2 is 1.59 bits per heavy atom. The third kappa shape index (κ3) is 6.51. The lowest BCUT2D eigenvalue weighted by molar-refractivity contribution is -0.135. The molecule has 6 atom stereocenters. The number of H-pyrrole nitrogens is 2. The second-order valence-corrected chi connectivity index (χ2v) is 16.5. The number of hydrogen-bond acceptors (Lipinski definition) is 7. The predicted octanol–water partition coefficient (Wildman–Crippen LogP) is 7.47. The van der Waals surface area contributed by atoms with Gasteiger partial charge in [-0.05, 0) is 84.7 Å². The molecule has 12 nitrogen and oxygen atoms in total. The zero-order valence-corrected chi connectivity index (χ0v) is 32.6. The fourth-order valence-corrected chi connectivity index (χ4v) is 9.93. The Labute approximate surface area is 334 Å². The molecule has 1 aliphatic heterocycles. The Balaban J connectivity index is 0.928. The van der Waals surface area contributed by atoms with Gasteiger partial charge in [-0.3, -0.25) is 14.6 Å². The number of alkyl carbamates (subject to hydrolysis) is 1. The van der Waals surface area contributed by atoms with Crippen LogP contribution in [0.4, 0.5) is 13.6 Å². The number of imidazole rings is 2. The number of rotatable bonds is 10. The number of carbonyl (C=O) groups excluding carboxylic acids is 3. The van der Waals surface area contributed by atoms with Crippen molar-refractivity contribution in [3.05, 3.63) is 102 Å². The summed E-state index contributed by atoms with van der Waals surface area (Å²) < 4.78 is 37.7. The van der Waals surface area contributed by atoms with Crippen LogP contribution in [-0.2, 0) is 26.8 Å². The van der Waals surface area contributed by atoms with Crippen LogP contribution >= 0.6 is 0 Å². The molecule has 1 saturated heterocycles. The van der Waals surface area contributed by atoms with E-state index in [1.165, 1.54) is 13.2 Å². The van der Waals surface area contributed by atoms with E-state index in [2.05, 4.69) is 30.6 Å². The molecule has 2 aromatic carbocycles. The smallest absolute Gasteiger partial charge is 0.407 e. The summed E-state index contributed by atoms with van der Waals surface area (Å²) in [6.07, 6.45) is 10.5. The summed E-state index contributed by atoms with van der Waals surface area (Å²) in [5, 5.41) is 5.77. The number of benzene rings is 2. The standard InChI is InChI=1S/C44H46F2N8O4/c1-23(2)38(53-43(57)58-3)42(56)54-15-5-7-35(54)39-48-21-33(51-39)25-10-12-29-30-13-11-26(18-32(30)44(45,46)31(29)17-25)34-22-49-40(52-34)36-27-8-9-28(16-27)37(36)41(55)50-20-24-6-4-14-47-19-24/h4,6,10-14,17-19,21-23,27-28,35-38H,5,7-9,15-16,20H2,1-3H3,(H,48,51)(H,49,52)(H,50,55)(H,53,57)/t27?,28?,35-,36+,37?,38-/m0/s1. The van der Waals surface area contributed by atoms with Crippen molar-refractivity contribution in [2.45, 2.75) is 76.4 Å². The average Bonchev–Trinajstić information content (AvgIpc) is 4.10. The van der Waals surface area contributed by atoms with E-state index in [1.807, 2.05) is 38.1 Å². The van der Waals surface area contributed by atoms with E-state index in [0.717, 1.165) is 37.1 Å². The van der Waals surface area contributed by atoms with Gasteiger partial charge in [0.2, 0.25) is 11.8 Å². The van der Waals surface area contributed by atoms with E-state index in [-0.39, 0.29) is 52.7 Å². The number of fused-ring (bicyclic) bond motifs is 5. The first kappa shape index (κ1) is 37.6. The van der Waals surface area contributed by atoms with Gasteiger partial charge in [-0.1, -0.05) is 44.2 Å². The molecule has 14 heteroatoms. The molecule has 2 bridgehead atoms. The van der Waals surface area contributed by atoms with E-state index >= 15 is 8.78 Å². The van der Waals surface area contributed by atoms with Gasteiger partial charge in [0.05, 0.1) is 42.9 Å². The van der Waals surface area contributed by atoms with Crippen LogP contribution in [0.25, 0.3) is 33.6 Å². The molecule has 0 spiro atoms. The van der Waals surface area contributed by atoms with Crippen molar-refractivity contribution in [3.63, 3.8) is 0 Å². The van der Waals surface area contributed by atoms with Crippen LogP contribution in [-0.4, -0.2) is 67.4 Å². The average molecular weight is 789 g/mol. The lowest BCUT2D eigenvalue weighted by atomic mass is 9.78. The summed E-state index contributed by atoms with van der Waals surface area (Å²) in [6, 6.07) is 12.8. The lowest BCUT2D eigenvalue weighted by Crippen LogP contribution is -2.51. The van der Waals surface area contributed by atoms with Gasteiger partial charge < -0.3 is 30.2 Å². The van der Waals surface area contributed by atoms with Gasteiger partial charge in [-0.25, -0.2) is 14.8 Å². The van der Waals surface area contributed by atoms with Crippen molar-refractivity contribution >= 4 is 17.9 Å². The monoisotopic (exact) mass is 788 g/mol. The third-order valence-electron chi connectivity index (χ3n) is 12.8. The summed E-state index contributed by atoms with van der Waals surface area (Å²) in [7, 11) is 1.26. The molecule has 5 aromatic rings. The number of carbonyl (C=O) groups is 3. The second kappa shape index (κ2) is 14.8. The number of methoxy groups -OCH3 is 1. The van der Waals surface area contributed by atoms with Gasteiger partial charge in [-0.2, -0.15) is 8.78 Å². The van der Waals surface area contributed by atoms with Crippen LogP contribution in [0.15, 0.2) is 73.3 Å². The van der Waals surface area contributed by atoms with Crippen LogP contribution in [0.1, 0.15) is 86.3 Å². The molecule has 3 amide bonds. The first-order valence-corrected chi connectivity index (χ1v) is 20.1. The lowest BCUT2D eigenvalue weighted by Gasteiger charge is -2.30. The minimum atomic E-state index is -3.27. The highest BCUT2D eigenvalue weighted by atomic mass is 19.3. The summed E-state index contributed by atoms with van der Waals surface area (Å²) >= 11 is 0. The van der Waals surface area contributed by atoms with Gasteiger partial charge in [0, 0.05) is 53.7 Å². The number of nitrogens with one attached hydrogen (secondary N) is 4. The number of ether oxygens (including phenoxy) is 1. The molecule has 4 N–H and O–H groups in total. The Hall–Kier alpha value is -5.92. The fourth-order valence-electron chi connectivity index (χ4n) is 9.93. The molecule has 4 heterocycles. The molecule has 4 aliphatic rings. The third-order valence-corrected chi connectivity index (χ3v) is 12.8. The summed E-state index contributed by atoms with van der Waals surface area (Å²) in [4.78, 5) is 61.1. The highest BCUT2D eigenvalue weighted by molar-refractivity contribution is 5.87. The van der Waals surface area contributed by atoms with Crippen molar-refractivity contribution in [1.29, 1.82) is 0 Å². The first-order valence-electron chi connectivity index (χ1n) is 20.1. The fraction of sp³-hybridized carbons (Fsp3) is 0.409. The molecule has 9 rings (SSSR count). The van der Waals surface area contributed by atoms with Crippen molar-refractivity contribution in [1.82, 2.24) is 40.5 Å². The van der Waals surface area contributed by atoms with Gasteiger partial charge in [0.15, 0.2) is 0 Å². The maximum atomic E-state index is 16.5. The van der Waals surface area contributed by atoms with Gasteiger partial charge >= 0.3 is 6.09 Å². The van der Waals surface area contributed by atoms with E-state index in [9.17, 15) is 14.4 Å². The maximum Gasteiger partial charge on any atom is 0.407 e. The van der Waals surface area contributed by atoms with E-state index < -0.39 is 18.1 Å². The van der Waals surface area contributed by atoms with Crippen molar-refractivity contribution in [3.8, 4) is 33.6 Å². The molecular weight excluding hydrogens is 743 g/mol. The molecule has 3 aromatic heterocycles. The number of hydrogen-bond donors (Lipinski definition) is 4. The largest absolute Gasteiger partial charge is 0.453 e. The topological polar surface area (TPSA) is 158 Å². The minimum Gasteiger partial charge on any atom is -0.453 e. The second-order valence-electron chi connectivity index (χ2n) is 16.5. The molecular formula is C44H46F2N8O4. The Morgan fingerprint density at radius 3 is 2.24 bits per heavy atom. The van der Waals surface area contributed by atoms with Crippen LogP contribution in [0.5, 0.6) is 0 Å². The number of nitrogens with zero attached hydrogens (tertiary/aromatic N) is 4. The number of aromatic nitrogens is 5. The normalized spacial score (nSPS) is 23.1. The zero-order chi connectivity index (χ0) is 40.3. The van der Waals surface area contributed by atoms with E-state index in [4.69, 9.17) is 9.72 Å². The number of halogens is 2. The molecule has 3 fully saturated rings. The summed E-state index contributed by atoms with van der Waals surface area (Å²) in [6.45, 7) is 4.62. The van der Waals surface area contributed by atoms with Crippen LogP contribution in [0.3, 0.4) is 0 Å². The zero-order valence-electron chi connectivity index (χ0n) is 32.6. The van der Waals surface area contributed by atoms with Gasteiger partial charge in [0.25, 0.3) is 5.92 Å². The van der Waals surface area contributed by atoms with Crippen LogP contribution < -0.4 is 10.6 Å². The Bertz CT molecular complexity index is 2380. The summed E-state index contributed by atoms with van der Waals surface area (Å²) in [5.74, 6) is -2.02. The highest BCUT2D eigenvalue weighted by Gasteiger charge is 2.52. The molecule has 0 radical (unpaired) electrons. The molecule has 300 valence electrons. The highest BCUT2D eigenvalue weighted by Crippen LogP contribution is 2.57. The van der Waals surface area contributed by atoms with Gasteiger partial charge in [-0.15, -0.1) is 0 Å². The molecule has 2 saturated carbocycles. The van der Waals surface area contributed by atoms with Crippen LogP contribution in [0.2, 0.25) is 0 Å². The van der Waals surface area contributed by atoms with Crippen molar-refractivity contribution < 1.29 is 27.9 Å². The number of likely N-dealkylation sites (tertiary alicyclic amines) is 1. The summed E-state index contributed by atoms with van der Waals surface area (Å²) in [5.41, 5.74) is 4.05. The Kier molecular flexibility index (Phi) is 9.60. The van der Waals surface area contributed by atoms with Gasteiger partial charge in [0.1, 0.15) is 17.7 Å². The number of pyridine rings is 1. The minimum absolute atomic E-state index is 0.0139.